The zero-order valence-electron chi connectivity index (χ0n) is 8.83. The van der Waals surface area contributed by atoms with E-state index in [2.05, 4.69) is 37.6 Å². The molecule has 1 aromatic heterocycles. The van der Waals surface area contributed by atoms with Gasteiger partial charge < -0.3 is 5.11 Å². The normalized spacial score (nSPS) is 10.6. The number of aromatic nitrogens is 1. The molecule has 0 bridgehead atoms. The molecule has 2 heteroatoms. The van der Waals surface area contributed by atoms with Crippen LogP contribution in [0.4, 0.5) is 0 Å². The summed E-state index contributed by atoms with van der Waals surface area (Å²) in [5.41, 5.74) is 1.36. The van der Waals surface area contributed by atoms with E-state index in [4.69, 9.17) is 5.11 Å². The molecular weight excluding hydrogens is 174 g/mol. The SMILES string of the molecule is CC(C)(C)C#Cc1cccc(CO)n1. The van der Waals surface area contributed by atoms with Gasteiger partial charge in [-0.15, -0.1) is 0 Å². The topological polar surface area (TPSA) is 33.1 Å². The second-order valence-electron chi connectivity index (χ2n) is 4.17. The standard InChI is InChI=1S/C12H15NO/c1-12(2,3)8-7-10-5-4-6-11(9-14)13-10/h4-6,14H,9H2,1-3H3. The highest BCUT2D eigenvalue weighted by atomic mass is 16.3. The smallest absolute Gasteiger partial charge is 0.113 e. The van der Waals surface area contributed by atoms with Crippen LogP contribution in [0, 0.1) is 17.3 Å². The van der Waals surface area contributed by atoms with Gasteiger partial charge in [-0.05, 0) is 38.8 Å². The molecule has 0 amide bonds. The highest BCUT2D eigenvalue weighted by Crippen LogP contribution is 2.10. The van der Waals surface area contributed by atoms with Crippen molar-refractivity contribution >= 4 is 0 Å². The zero-order valence-corrected chi connectivity index (χ0v) is 8.83. The Bertz CT molecular complexity index is 366. The first-order valence-corrected chi connectivity index (χ1v) is 4.61. The molecular formula is C12H15NO. The molecule has 0 aliphatic carbocycles. The van der Waals surface area contributed by atoms with Gasteiger partial charge in [0, 0.05) is 5.41 Å². The Hall–Kier alpha value is -1.33. The van der Waals surface area contributed by atoms with Gasteiger partial charge >= 0.3 is 0 Å². The van der Waals surface area contributed by atoms with Gasteiger partial charge in [-0.3, -0.25) is 0 Å². The zero-order chi connectivity index (χ0) is 10.6. The number of hydrogen-bond acceptors (Lipinski definition) is 2. The van der Waals surface area contributed by atoms with Crippen molar-refractivity contribution in [3.05, 3.63) is 29.6 Å². The molecule has 1 heterocycles. The third kappa shape index (κ3) is 3.59. The molecule has 0 unspecified atom stereocenters. The molecule has 1 aromatic rings. The number of pyridine rings is 1. The van der Waals surface area contributed by atoms with Crippen LogP contribution in [-0.4, -0.2) is 10.1 Å². The van der Waals surface area contributed by atoms with Gasteiger partial charge in [0.05, 0.1) is 12.3 Å². The third-order valence-electron chi connectivity index (χ3n) is 1.53. The Labute approximate surface area is 85.0 Å². The lowest BCUT2D eigenvalue weighted by molar-refractivity contribution is 0.277. The van der Waals surface area contributed by atoms with Crippen molar-refractivity contribution in [3.8, 4) is 11.8 Å². The van der Waals surface area contributed by atoms with Crippen LogP contribution >= 0.6 is 0 Å². The van der Waals surface area contributed by atoms with E-state index in [-0.39, 0.29) is 12.0 Å². The van der Waals surface area contributed by atoms with Crippen molar-refractivity contribution in [2.24, 2.45) is 5.41 Å². The van der Waals surface area contributed by atoms with Crippen LogP contribution in [-0.2, 0) is 6.61 Å². The van der Waals surface area contributed by atoms with Crippen LogP contribution in [0.3, 0.4) is 0 Å². The van der Waals surface area contributed by atoms with E-state index >= 15 is 0 Å². The Morgan fingerprint density at radius 2 is 2.07 bits per heavy atom. The van der Waals surface area contributed by atoms with Crippen molar-refractivity contribution < 1.29 is 5.11 Å². The summed E-state index contributed by atoms with van der Waals surface area (Å²) in [4.78, 5) is 4.17. The van der Waals surface area contributed by atoms with Gasteiger partial charge in [0.2, 0.25) is 0 Å². The fourth-order valence-corrected chi connectivity index (χ4v) is 0.889. The van der Waals surface area contributed by atoms with Crippen LogP contribution in [0.2, 0.25) is 0 Å². The first-order chi connectivity index (χ1) is 6.51. The summed E-state index contributed by atoms with van der Waals surface area (Å²) in [5.74, 6) is 6.08. The van der Waals surface area contributed by atoms with E-state index in [0.717, 1.165) is 0 Å². The average Bonchev–Trinajstić information content (AvgIpc) is 2.14. The molecule has 14 heavy (non-hydrogen) atoms. The number of nitrogens with zero attached hydrogens (tertiary/aromatic N) is 1. The van der Waals surface area contributed by atoms with E-state index in [1.807, 2.05) is 12.1 Å². The van der Waals surface area contributed by atoms with Crippen LogP contribution in [0.1, 0.15) is 32.2 Å². The maximum atomic E-state index is 8.88. The highest BCUT2D eigenvalue weighted by molar-refractivity contribution is 5.30. The summed E-state index contributed by atoms with van der Waals surface area (Å²) < 4.78 is 0. The monoisotopic (exact) mass is 189 g/mol. The fraction of sp³-hybridized carbons (Fsp3) is 0.417. The fourth-order valence-electron chi connectivity index (χ4n) is 0.889. The van der Waals surface area contributed by atoms with Gasteiger partial charge in [0.25, 0.3) is 0 Å². The molecule has 74 valence electrons. The lowest BCUT2D eigenvalue weighted by Crippen LogP contribution is -2.00. The molecule has 0 saturated heterocycles. The third-order valence-corrected chi connectivity index (χ3v) is 1.53. The van der Waals surface area contributed by atoms with Crippen LogP contribution < -0.4 is 0 Å². The number of rotatable bonds is 1. The van der Waals surface area contributed by atoms with Gasteiger partial charge in [-0.1, -0.05) is 12.0 Å². The van der Waals surface area contributed by atoms with Crippen molar-refractivity contribution in [2.45, 2.75) is 27.4 Å². The Morgan fingerprint density at radius 3 is 2.64 bits per heavy atom. The minimum atomic E-state index is -0.0367. The molecule has 0 atom stereocenters. The molecule has 0 saturated carbocycles. The second-order valence-corrected chi connectivity index (χ2v) is 4.17. The molecule has 0 spiro atoms. The minimum absolute atomic E-state index is 0.0170. The van der Waals surface area contributed by atoms with Crippen molar-refractivity contribution in [1.82, 2.24) is 4.98 Å². The number of hydrogen-bond donors (Lipinski definition) is 1. The van der Waals surface area contributed by atoms with E-state index in [1.165, 1.54) is 0 Å². The largest absolute Gasteiger partial charge is 0.390 e. The molecule has 0 aliphatic rings. The maximum Gasteiger partial charge on any atom is 0.113 e. The molecule has 2 nitrogen and oxygen atoms in total. The summed E-state index contributed by atoms with van der Waals surface area (Å²) in [5, 5.41) is 8.88. The van der Waals surface area contributed by atoms with Crippen LogP contribution in [0.25, 0.3) is 0 Å². The Kier molecular flexibility index (Phi) is 3.27. The van der Waals surface area contributed by atoms with Crippen molar-refractivity contribution in [3.63, 3.8) is 0 Å². The summed E-state index contributed by atoms with van der Waals surface area (Å²) in [6.45, 7) is 6.12. The summed E-state index contributed by atoms with van der Waals surface area (Å²) >= 11 is 0. The molecule has 0 aromatic carbocycles. The van der Waals surface area contributed by atoms with Crippen molar-refractivity contribution in [2.75, 3.05) is 0 Å². The molecule has 1 rings (SSSR count). The minimum Gasteiger partial charge on any atom is -0.390 e. The predicted molar refractivity (Wildman–Crippen MR) is 56.5 cm³/mol. The lowest BCUT2D eigenvalue weighted by Gasteiger charge is -2.06. The van der Waals surface area contributed by atoms with E-state index in [1.54, 1.807) is 6.07 Å². The van der Waals surface area contributed by atoms with E-state index < -0.39 is 0 Å². The Morgan fingerprint density at radius 1 is 1.36 bits per heavy atom. The summed E-state index contributed by atoms with van der Waals surface area (Å²) in [6, 6.07) is 5.48. The van der Waals surface area contributed by atoms with E-state index in [0.29, 0.717) is 11.4 Å². The van der Waals surface area contributed by atoms with Crippen LogP contribution in [0.15, 0.2) is 18.2 Å². The molecule has 0 radical (unpaired) electrons. The van der Waals surface area contributed by atoms with E-state index in [9.17, 15) is 0 Å². The van der Waals surface area contributed by atoms with Gasteiger partial charge in [0.15, 0.2) is 0 Å². The second kappa shape index (κ2) is 4.26. The molecule has 1 N–H and O–H groups in total. The van der Waals surface area contributed by atoms with Crippen LogP contribution in [0.5, 0.6) is 0 Å². The van der Waals surface area contributed by atoms with Gasteiger partial charge in [0.1, 0.15) is 5.69 Å². The Balaban J connectivity index is 2.90. The lowest BCUT2D eigenvalue weighted by atomic mass is 9.98. The van der Waals surface area contributed by atoms with Gasteiger partial charge in [-0.25, -0.2) is 4.98 Å². The average molecular weight is 189 g/mol. The molecule has 0 fully saturated rings. The molecule has 0 aliphatic heterocycles. The quantitative estimate of drug-likeness (QED) is 0.685. The summed E-state index contributed by atoms with van der Waals surface area (Å²) in [6.07, 6.45) is 0. The predicted octanol–water partition coefficient (Wildman–Crippen LogP) is 1.97. The van der Waals surface area contributed by atoms with Crippen molar-refractivity contribution in [1.29, 1.82) is 0 Å². The maximum absolute atomic E-state index is 8.88. The first kappa shape index (κ1) is 10.7. The first-order valence-electron chi connectivity index (χ1n) is 4.61. The van der Waals surface area contributed by atoms with Gasteiger partial charge in [-0.2, -0.15) is 0 Å². The summed E-state index contributed by atoms with van der Waals surface area (Å²) in [7, 11) is 0. The highest BCUT2D eigenvalue weighted by Gasteiger charge is 2.03. The number of aliphatic hydroxyl groups excluding tert-OH is 1. The number of aliphatic hydroxyl groups is 1.